The molecule has 3 fully saturated rings. The normalized spacial score (nSPS) is 21.9. The van der Waals surface area contributed by atoms with Gasteiger partial charge in [0.25, 0.3) is 5.91 Å². The Bertz CT molecular complexity index is 2460. The van der Waals surface area contributed by atoms with Crippen LogP contribution >= 0.6 is 0 Å². The summed E-state index contributed by atoms with van der Waals surface area (Å²) in [6.07, 6.45) is 1.87. The van der Waals surface area contributed by atoms with Crippen LogP contribution in [0.1, 0.15) is 86.2 Å². The van der Waals surface area contributed by atoms with E-state index in [9.17, 15) is 32.3 Å². The summed E-state index contributed by atoms with van der Waals surface area (Å²) in [4.78, 5) is 59.4. The molecule has 0 bridgehead atoms. The van der Waals surface area contributed by atoms with E-state index in [-0.39, 0.29) is 41.7 Å². The van der Waals surface area contributed by atoms with Crippen LogP contribution in [-0.4, -0.2) is 78.2 Å². The molecule has 1 aliphatic carbocycles. The maximum atomic E-state index is 13.5. The summed E-state index contributed by atoms with van der Waals surface area (Å²) in [5.74, 6) is -0.955. The van der Waals surface area contributed by atoms with Crippen LogP contribution in [0.3, 0.4) is 0 Å². The largest absolute Gasteiger partial charge is 0.433 e. The number of piperidine rings is 1. The number of aryl methyl sites for hydroxylation is 2. The number of hydrogen-bond acceptors (Lipinski definition) is 8. The Hall–Kier alpha value is -5.51. The molecule has 13 nitrogen and oxygen atoms in total. The average Bonchev–Trinajstić information content (AvgIpc) is 3.69. The molecule has 2 N–H and O–H groups in total. The van der Waals surface area contributed by atoms with Gasteiger partial charge in [0, 0.05) is 62.5 Å². The van der Waals surface area contributed by atoms with Crippen molar-refractivity contribution in [1.29, 1.82) is 0 Å². The van der Waals surface area contributed by atoms with Crippen LogP contribution in [0.15, 0.2) is 59.5 Å². The number of benzene rings is 2. The molecule has 1 atom stereocenters. The van der Waals surface area contributed by atoms with Crippen molar-refractivity contribution < 1.29 is 27.6 Å². The van der Waals surface area contributed by atoms with Crippen molar-refractivity contribution in [2.24, 2.45) is 13.0 Å². The lowest BCUT2D eigenvalue weighted by atomic mass is 9.84. The third kappa shape index (κ3) is 7.30. The standard InChI is InChI=1S/C41H46F3N9O4/c1-24-19-30-26(20-29(24)46-37(55)28-7-5-10-34(45-28)41(42,43)44)22-52(48-30)27-13-11-25(12-14-27)21-51-18-17-50(23-40(51,2)3)31-8-6-9-32-36(31)49(4)39(57)53(32)33-15-16-35(54)47-38(33)56/h5-10,19-20,22,25,27,33H,11-18,21,23H2,1-4H3,(H,46,55)(H,47,54,56)/t25-,27-,33?. The first-order valence-electron chi connectivity index (χ1n) is 19.5. The maximum Gasteiger partial charge on any atom is 0.433 e. The number of para-hydroxylation sites is 1. The van der Waals surface area contributed by atoms with E-state index < -0.39 is 29.7 Å². The summed E-state index contributed by atoms with van der Waals surface area (Å²) in [6.45, 7) is 9.74. The van der Waals surface area contributed by atoms with Crippen molar-refractivity contribution in [2.75, 3.05) is 36.4 Å². The van der Waals surface area contributed by atoms with E-state index in [1.54, 1.807) is 17.7 Å². The van der Waals surface area contributed by atoms with Gasteiger partial charge in [-0.1, -0.05) is 12.1 Å². The number of anilines is 2. The molecule has 1 saturated carbocycles. The van der Waals surface area contributed by atoms with Crippen molar-refractivity contribution in [3.63, 3.8) is 0 Å². The predicted octanol–water partition coefficient (Wildman–Crippen LogP) is 5.97. The first kappa shape index (κ1) is 38.4. The van der Waals surface area contributed by atoms with Gasteiger partial charge in [-0.2, -0.15) is 18.3 Å². The molecular weight excluding hydrogens is 740 g/mol. The van der Waals surface area contributed by atoms with Crippen LogP contribution in [0.2, 0.25) is 0 Å². The zero-order valence-electron chi connectivity index (χ0n) is 32.4. The first-order valence-corrected chi connectivity index (χ1v) is 19.5. The molecule has 1 unspecified atom stereocenters. The second-order valence-corrected chi connectivity index (χ2v) is 16.4. The Balaban J connectivity index is 0.901. The number of carbonyl (C=O) groups excluding carboxylic acids is 3. The minimum atomic E-state index is -4.65. The van der Waals surface area contributed by atoms with Crippen LogP contribution < -0.4 is 21.2 Å². The second kappa shape index (κ2) is 14.5. The number of carbonyl (C=O) groups is 3. The Morgan fingerprint density at radius 1 is 1.00 bits per heavy atom. The van der Waals surface area contributed by atoms with E-state index in [0.29, 0.717) is 17.1 Å². The third-order valence-corrected chi connectivity index (χ3v) is 12.1. The summed E-state index contributed by atoms with van der Waals surface area (Å²) in [6, 6.07) is 12.3. The quantitative estimate of drug-likeness (QED) is 0.193. The highest BCUT2D eigenvalue weighted by atomic mass is 19.4. The molecule has 2 aliphatic heterocycles. The van der Waals surface area contributed by atoms with Crippen LogP contribution in [0, 0.1) is 12.8 Å². The number of hydrogen-bond donors (Lipinski definition) is 2. The van der Waals surface area contributed by atoms with Gasteiger partial charge in [0.05, 0.1) is 28.3 Å². The van der Waals surface area contributed by atoms with Crippen molar-refractivity contribution in [3.05, 3.63) is 82.2 Å². The molecule has 0 spiro atoms. The molecule has 5 aromatic rings. The Kier molecular flexibility index (Phi) is 9.73. The van der Waals surface area contributed by atoms with E-state index in [1.165, 1.54) is 16.7 Å². The summed E-state index contributed by atoms with van der Waals surface area (Å²) >= 11 is 0. The van der Waals surface area contributed by atoms with Crippen LogP contribution in [-0.2, 0) is 22.8 Å². The summed E-state index contributed by atoms with van der Waals surface area (Å²) in [5, 5.41) is 10.8. The van der Waals surface area contributed by atoms with E-state index in [1.807, 2.05) is 42.1 Å². The van der Waals surface area contributed by atoms with Gasteiger partial charge in [-0.15, -0.1) is 0 Å². The number of rotatable bonds is 7. The van der Waals surface area contributed by atoms with Crippen molar-refractivity contribution in [3.8, 4) is 0 Å². The van der Waals surface area contributed by atoms with E-state index in [2.05, 4.69) is 39.3 Å². The fourth-order valence-corrected chi connectivity index (χ4v) is 8.96. The minimum Gasteiger partial charge on any atom is -0.367 e. The van der Waals surface area contributed by atoms with Crippen LogP contribution in [0.25, 0.3) is 21.9 Å². The molecular formula is C41H46F3N9O4. The zero-order chi connectivity index (χ0) is 40.4. The summed E-state index contributed by atoms with van der Waals surface area (Å²) in [7, 11) is 1.74. The fraction of sp³-hybridized carbons (Fsp3) is 0.463. The number of aromatic nitrogens is 5. The zero-order valence-corrected chi connectivity index (χ0v) is 32.4. The molecule has 5 heterocycles. The fourth-order valence-electron chi connectivity index (χ4n) is 8.96. The number of imide groups is 1. The van der Waals surface area contributed by atoms with Gasteiger partial charge < -0.3 is 10.2 Å². The Morgan fingerprint density at radius 3 is 2.47 bits per heavy atom. The van der Waals surface area contributed by atoms with E-state index in [4.69, 9.17) is 5.10 Å². The van der Waals surface area contributed by atoms with Gasteiger partial charge in [-0.25, -0.2) is 9.78 Å². The van der Waals surface area contributed by atoms with Crippen molar-refractivity contribution in [1.82, 2.24) is 34.1 Å². The van der Waals surface area contributed by atoms with Gasteiger partial charge in [0.1, 0.15) is 17.4 Å². The molecule has 16 heteroatoms. The van der Waals surface area contributed by atoms with Gasteiger partial charge in [0.15, 0.2) is 0 Å². The number of pyridine rings is 1. The minimum absolute atomic E-state index is 0.149. The number of nitrogens with one attached hydrogen (secondary N) is 2. The van der Waals surface area contributed by atoms with E-state index in [0.717, 1.165) is 85.6 Å². The van der Waals surface area contributed by atoms with Gasteiger partial charge in [-0.3, -0.25) is 38.4 Å². The Morgan fingerprint density at radius 2 is 1.75 bits per heavy atom. The van der Waals surface area contributed by atoms with Crippen LogP contribution in [0.4, 0.5) is 24.5 Å². The lowest BCUT2D eigenvalue weighted by molar-refractivity contribution is -0.141. The molecule has 0 radical (unpaired) electrons. The van der Waals surface area contributed by atoms with Crippen molar-refractivity contribution >= 4 is 51.0 Å². The van der Waals surface area contributed by atoms with Crippen molar-refractivity contribution in [2.45, 2.75) is 83.1 Å². The molecule has 8 rings (SSSR count). The monoisotopic (exact) mass is 785 g/mol. The SMILES string of the molecule is Cc1cc2nn([C@H]3CC[C@H](CN4CCN(c5cccc6c5n(C)c(=O)n6C5CCC(=O)NC5=O)CC4(C)C)CC3)cc2cc1NC(=O)c1cccc(C(F)(F)F)n1. The number of alkyl halides is 3. The molecule has 2 aromatic carbocycles. The van der Waals surface area contributed by atoms with Gasteiger partial charge in [0.2, 0.25) is 11.8 Å². The number of piperazine rings is 1. The second-order valence-electron chi connectivity index (χ2n) is 16.4. The number of nitrogens with zero attached hydrogens (tertiary/aromatic N) is 7. The smallest absolute Gasteiger partial charge is 0.367 e. The number of imidazole rings is 1. The molecule has 2 saturated heterocycles. The van der Waals surface area contributed by atoms with E-state index >= 15 is 0 Å². The van der Waals surface area contributed by atoms with Crippen LogP contribution in [0.5, 0.6) is 0 Å². The molecule has 57 heavy (non-hydrogen) atoms. The predicted molar refractivity (Wildman–Crippen MR) is 209 cm³/mol. The molecule has 3 aliphatic rings. The lowest BCUT2D eigenvalue weighted by Gasteiger charge is -2.49. The number of fused-ring (bicyclic) bond motifs is 2. The lowest BCUT2D eigenvalue weighted by Crippen LogP contribution is -2.60. The van der Waals surface area contributed by atoms with Gasteiger partial charge >= 0.3 is 11.9 Å². The highest BCUT2D eigenvalue weighted by Gasteiger charge is 2.38. The average molecular weight is 786 g/mol. The third-order valence-electron chi connectivity index (χ3n) is 12.1. The summed E-state index contributed by atoms with van der Waals surface area (Å²) < 4.78 is 44.7. The molecule has 3 amide bonds. The highest BCUT2D eigenvalue weighted by molar-refractivity contribution is 6.04. The first-order chi connectivity index (χ1) is 27.1. The summed E-state index contributed by atoms with van der Waals surface area (Å²) in [5.41, 5.74) is 2.58. The number of amides is 3. The highest BCUT2D eigenvalue weighted by Crippen LogP contribution is 2.37. The molecule has 300 valence electrons. The van der Waals surface area contributed by atoms with Gasteiger partial charge in [-0.05, 0) is 101 Å². The molecule has 3 aromatic heterocycles. The maximum absolute atomic E-state index is 13.5. The Labute approximate surface area is 326 Å². The topological polar surface area (TPSA) is 139 Å². The number of halogens is 3.